The Kier molecular flexibility index (Phi) is 18.3. The number of aliphatic hydroxyl groups is 4. The van der Waals surface area contributed by atoms with Gasteiger partial charge in [-0.2, -0.15) is 0 Å². The van der Waals surface area contributed by atoms with E-state index in [1.165, 1.54) is 96.7 Å². The summed E-state index contributed by atoms with van der Waals surface area (Å²) in [7, 11) is 2.22. The summed E-state index contributed by atoms with van der Waals surface area (Å²) in [5, 5.41) is 50.8. The third-order valence-corrected chi connectivity index (χ3v) is 34.2. The zero-order chi connectivity index (χ0) is 69.0. The van der Waals surface area contributed by atoms with E-state index in [0.717, 1.165) is 96.5 Å². The fourth-order valence-electron chi connectivity index (χ4n) is 29.7. The van der Waals surface area contributed by atoms with Crippen LogP contribution in [0.25, 0.3) is 0 Å². The second-order valence-corrected chi connectivity index (χ2v) is 40.1. The summed E-state index contributed by atoms with van der Waals surface area (Å²) >= 11 is 0. The Hall–Kier alpha value is -0.640. The Balaban J connectivity index is 0.000000159. The van der Waals surface area contributed by atoms with E-state index in [1.807, 2.05) is 41.5 Å². The molecule has 16 aliphatic rings. The van der Waals surface area contributed by atoms with Crippen molar-refractivity contribution >= 4 is 0 Å². The SMILES string of the molecule is CCO[C@@H]([C@H]1C[C@@H](C)[C@H]2[C@H](O1)[C@H](O)[C@@]1(C)[C@@H]3CC[C@H]4C(C)(C)[C@@H](O[C@H]5CN(CC6CN(C)C6)CCO5)CC[C@@]45C[C@@]35CC[C@]21C)C(C)(C)O.CCO[C@@H]([C@H]1C[C@@H](C)[C@H]2[C@H](O1)[C@H](O)[C@@]1(C)[C@@H]3CC[C@H]4C(C)(C)[C@@H](O[C@H]5CN(CC6CNC6)CCO5)CC[C@@]45C[C@@]35CC[C@]21C)C(C)(C)O. The molecule has 16 rings (SSSR count). The third kappa shape index (κ3) is 10.7. The molecule has 16 heteroatoms. The predicted octanol–water partition coefficient (Wildman–Crippen LogP) is 10.8. The first-order valence-corrected chi connectivity index (χ1v) is 40.4. The molecule has 0 aromatic rings. The monoisotopic (exact) mass is 1360 g/mol. The molecule has 6 saturated heterocycles. The highest BCUT2D eigenvalue weighted by molar-refractivity contribution is 5.35. The Bertz CT molecular complexity index is 2840. The number of nitrogens with one attached hydrogen (secondary N) is 1. The second kappa shape index (κ2) is 24.7. The first-order valence-electron chi connectivity index (χ1n) is 40.4. The van der Waals surface area contributed by atoms with Gasteiger partial charge in [-0.15, -0.1) is 0 Å². The molecule has 0 radical (unpaired) electrons. The van der Waals surface area contributed by atoms with Gasteiger partial charge in [0.25, 0.3) is 0 Å². The van der Waals surface area contributed by atoms with Crippen LogP contribution in [-0.4, -0.2) is 219 Å². The van der Waals surface area contributed by atoms with Crippen LogP contribution in [-0.2, 0) is 37.9 Å². The number of ether oxygens (including phenoxy) is 8. The van der Waals surface area contributed by atoms with Crippen LogP contribution in [0.1, 0.15) is 214 Å². The lowest BCUT2D eigenvalue weighted by Gasteiger charge is -2.64. The number of hydrogen-bond donors (Lipinski definition) is 5. The van der Waals surface area contributed by atoms with E-state index >= 15 is 0 Å². The topological polar surface area (TPSA) is 177 Å². The standard InChI is InChI=1S/C41H70N2O6.C40H68N2O6/c1-10-46-35(37(5,6)45)27-19-25(2)32-33(48-27)34(44)39(8)29-12-11-28-36(3,4)30(13-14-40(28)24-41(29,40)16-15-38(32,39)7)49-31-23-43(17-18-47-31)22-26-20-42(9)21-26;1-9-45-34(36(5,6)44)26-18-24(2)31-32(47-26)33(43)38(8)28-11-10-27-35(3,4)29(12-13-39(27)23-40(28,39)15-14-37(31,38)7)48-30-22-42(16-17-46-30)21-25-19-41-20-25/h25-35,44-45H,10-24H2,1-9H3;24-34,41,43-44H,9-23H2,1-8H3/t25-,27-,28+,29+,30+,31+,32+,33+,34+,35+,38-,39-,40-,41+;24-,26-,27+,28+,29+,30+,31+,32+,33+,34+,37-,38-,39-,40+/m11/s1. The van der Waals surface area contributed by atoms with Gasteiger partial charge in [0.2, 0.25) is 0 Å². The van der Waals surface area contributed by atoms with Crippen molar-refractivity contribution in [3.63, 3.8) is 0 Å². The molecule has 4 spiro atoms. The summed E-state index contributed by atoms with van der Waals surface area (Å²) < 4.78 is 52.7. The smallest absolute Gasteiger partial charge is 0.170 e. The molecule has 10 aliphatic carbocycles. The van der Waals surface area contributed by atoms with E-state index in [1.54, 1.807) is 0 Å². The second-order valence-electron chi connectivity index (χ2n) is 40.1. The maximum absolute atomic E-state index is 12.6. The minimum Gasteiger partial charge on any atom is -0.390 e. The van der Waals surface area contributed by atoms with Crippen molar-refractivity contribution in [3.05, 3.63) is 0 Å². The molecular weight excluding hydrogens is 1220 g/mol. The fraction of sp³-hybridized carbons (Fsp3) is 1.00. The van der Waals surface area contributed by atoms with Crippen LogP contribution < -0.4 is 5.32 Å². The van der Waals surface area contributed by atoms with Crippen molar-refractivity contribution in [1.29, 1.82) is 0 Å². The van der Waals surface area contributed by atoms with Crippen molar-refractivity contribution in [2.45, 2.75) is 298 Å². The van der Waals surface area contributed by atoms with Crippen LogP contribution in [0.2, 0.25) is 0 Å². The number of morpholine rings is 2. The van der Waals surface area contributed by atoms with Crippen molar-refractivity contribution in [3.8, 4) is 0 Å². The Morgan fingerprint density at radius 3 is 1.29 bits per heavy atom. The van der Waals surface area contributed by atoms with Gasteiger partial charge in [0.1, 0.15) is 12.2 Å². The quantitative estimate of drug-likeness (QED) is 0.0986. The van der Waals surface area contributed by atoms with Gasteiger partial charge < -0.3 is 68.5 Å². The lowest BCUT2D eigenvalue weighted by atomic mass is 9.41. The molecule has 554 valence electrons. The highest BCUT2D eigenvalue weighted by Crippen LogP contribution is 2.91. The summed E-state index contributed by atoms with van der Waals surface area (Å²) in [5.74, 6) is 5.30. The first-order chi connectivity index (χ1) is 45.6. The van der Waals surface area contributed by atoms with Gasteiger partial charge in [-0.25, -0.2) is 0 Å². The third-order valence-electron chi connectivity index (χ3n) is 34.2. The molecule has 0 aromatic carbocycles. The zero-order valence-corrected chi connectivity index (χ0v) is 63.8. The summed E-state index contributed by atoms with van der Waals surface area (Å²) in [6, 6.07) is 0. The Morgan fingerprint density at radius 1 is 0.526 bits per heavy atom. The van der Waals surface area contributed by atoms with Gasteiger partial charge in [0.15, 0.2) is 12.6 Å². The number of nitrogens with zero attached hydrogens (tertiary/aromatic N) is 3. The Labute approximate surface area is 586 Å². The summed E-state index contributed by atoms with van der Waals surface area (Å²) in [5.41, 5.74) is -0.799. The largest absolute Gasteiger partial charge is 0.390 e. The van der Waals surface area contributed by atoms with E-state index in [4.69, 9.17) is 37.9 Å². The highest BCUT2D eigenvalue weighted by atomic mass is 16.7. The van der Waals surface area contributed by atoms with Crippen LogP contribution >= 0.6 is 0 Å². The van der Waals surface area contributed by atoms with Gasteiger partial charge in [-0.1, -0.05) is 69.2 Å². The first kappa shape index (κ1) is 71.9. The maximum atomic E-state index is 12.6. The molecule has 0 bridgehead atoms. The number of rotatable bonds is 16. The van der Waals surface area contributed by atoms with E-state index in [2.05, 4.69) is 96.3 Å². The molecule has 28 atom stereocenters. The molecule has 16 nitrogen and oxygen atoms in total. The van der Waals surface area contributed by atoms with Gasteiger partial charge in [0.05, 0.1) is 73.2 Å². The molecule has 97 heavy (non-hydrogen) atoms. The van der Waals surface area contributed by atoms with E-state index in [-0.39, 0.29) is 81.7 Å². The zero-order valence-electron chi connectivity index (χ0n) is 63.8. The van der Waals surface area contributed by atoms with Gasteiger partial charge in [-0.3, -0.25) is 9.80 Å². The number of hydrogen-bond acceptors (Lipinski definition) is 16. The number of likely N-dealkylation sites (tertiary alicyclic amines) is 1. The lowest BCUT2D eigenvalue weighted by molar-refractivity contribution is -0.249. The van der Waals surface area contributed by atoms with Gasteiger partial charge in [-0.05, 0) is 254 Å². The van der Waals surface area contributed by atoms with Gasteiger partial charge in [0, 0.05) is 89.5 Å². The van der Waals surface area contributed by atoms with E-state index < -0.39 is 35.6 Å². The van der Waals surface area contributed by atoms with Crippen LogP contribution in [0.15, 0.2) is 0 Å². The predicted molar refractivity (Wildman–Crippen MR) is 375 cm³/mol. The maximum Gasteiger partial charge on any atom is 0.170 e. The summed E-state index contributed by atoms with van der Waals surface area (Å²) in [6.45, 7) is 49.6. The molecule has 0 unspecified atom stereocenters. The molecule has 0 aromatic heterocycles. The summed E-state index contributed by atoms with van der Waals surface area (Å²) in [4.78, 5) is 7.56. The van der Waals surface area contributed by atoms with Crippen molar-refractivity contribution in [2.75, 3.05) is 98.9 Å². The fourth-order valence-corrected chi connectivity index (χ4v) is 29.7. The minimum absolute atomic E-state index is 0.0266. The average molecular weight is 1360 g/mol. The van der Waals surface area contributed by atoms with Crippen LogP contribution in [0.5, 0.6) is 0 Å². The Morgan fingerprint density at radius 2 is 0.918 bits per heavy atom. The van der Waals surface area contributed by atoms with Crippen molar-refractivity contribution in [1.82, 2.24) is 20.0 Å². The molecular formula is C81H138N4O12. The number of fused-ring (bicyclic) bond motifs is 8. The average Bonchev–Trinajstić information content (AvgIpc) is 1.46. The van der Waals surface area contributed by atoms with Gasteiger partial charge >= 0.3 is 0 Å². The lowest BCUT2D eigenvalue weighted by Crippen LogP contribution is -2.60. The van der Waals surface area contributed by atoms with Crippen molar-refractivity contribution < 1.29 is 58.3 Å². The van der Waals surface area contributed by atoms with Crippen LogP contribution in [0, 0.1) is 113 Å². The molecule has 16 fully saturated rings. The normalized spacial score (nSPS) is 52.1. The molecule has 6 aliphatic heterocycles. The highest BCUT2D eigenvalue weighted by Gasteiger charge is 2.87. The van der Waals surface area contributed by atoms with Crippen LogP contribution in [0.4, 0.5) is 0 Å². The van der Waals surface area contributed by atoms with Crippen LogP contribution in [0.3, 0.4) is 0 Å². The van der Waals surface area contributed by atoms with Crippen molar-refractivity contribution in [2.24, 2.45) is 113 Å². The molecule has 10 saturated carbocycles. The number of aliphatic hydroxyl groups excluding tert-OH is 2. The molecule has 0 amide bonds. The van der Waals surface area contributed by atoms with E-state index in [9.17, 15) is 20.4 Å². The molecule has 5 N–H and O–H groups in total. The molecule has 6 heterocycles. The summed E-state index contributed by atoms with van der Waals surface area (Å²) in [6.07, 6.45) is 16.4. The minimum atomic E-state index is -1.01. The van der Waals surface area contributed by atoms with E-state index in [0.29, 0.717) is 82.2 Å².